The molecule has 0 spiro atoms. The van der Waals surface area contributed by atoms with Crippen LogP contribution in [0.4, 0.5) is 4.39 Å². The van der Waals surface area contributed by atoms with E-state index in [-0.39, 0.29) is 18.3 Å². The van der Waals surface area contributed by atoms with Crippen LogP contribution in [0, 0.1) is 5.82 Å². The quantitative estimate of drug-likeness (QED) is 0.740. The zero-order valence-electron chi connectivity index (χ0n) is 12.4. The van der Waals surface area contributed by atoms with Crippen molar-refractivity contribution in [2.24, 2.45) is 0 Å². The van der Waals surface area contributed by atoms with Crippen LogP contribution in [0.3, 0.4) is 0 Å². The first-order chi connectivity index (χ1) is 11.2. The molecule has 1 heterocycles. The third kappa shape index (κ3) is 3.08. The number of aromatic nitrogens is 4. The number of hydrogen-bond acceptors (Lipinski definition) is 4. The second kappa shape index (κ2) is 6.35. The van der Waals surface area contributed by atoms with Crippen molar-refractivity contribution in [2.45, 2.75) is 6.54 Å². The van der Waals surface area contributed by atoms with E-state index in [0.29, 0.717) is 16.8 Å². The van der Waals surface area contributed by atoms with Crippen LogP contribution in [0.25, 0.3) is 5.69 Å². The monoisotopic (exact) mass is 311 g/mol. The zero-order valence-corrected chi connectivity index (χ0v) is 12.4. The van der Waals surface area contributed by atoms with Gasteiger partial charge in [-0.05, 0) is 28.6 Å². The standard InChI is InChI=1S/C16H14FN5O/c1-21(10-12-6-2-4-8-14(12)17)16(23)13-7-3-5-9-15(13)22-11-18-19-20-22/h2-9,11H,10H2,1H3. The Kier molecular flexibility index (Phi) is 4.09. The van der Waals surface area contributed by atoms with Gasteiger partial charge >= 0.3 is 0 Å². The topological polar surface area (TPSA) is 63.9 Å². The fourth-order valence-electron chi connectivity index (χ4n) is 2.29. The first-order valence-corrected chi connectivity index (χ1v) is 6.98. The second-order valence-corrected chi connectivity index (χ2v) is 5.02. The normalized spacial score (nSPS) is 10.5. The molecule has 23 heavy (non-hydrogen) atoms. The third-order valence-electron chi connectivity index (χ3n) is 3.44. The average molecular weight is 311 g/mol. The van der Waals surface area contributed by atoms with Crippen molar-refractivity contribution in [1.82, 2.24) is 25.1 Å². The zero-order chi connectivity index (χ0) is 16.2. The summed E-state index contributed by atoms with van der Waals surface area (Å²) in [6, 6.07) is 13.4. The number of rotatable bonds is 4. The summed E-state index contributed by atoms with van der Waals surface area (Å²) in [6.45, 7) is 0.176. The molecule has 3 rings (SSSR count). The highest BCUT2D eigenvalue weighted by Gasteiger charge is 2.18. The van der Waals surface area contributed by atoms with Gasteiger partial charge in [-0.3, -0.25) is 4.79 Å². The minimum absolute atomic E-state index is 0.176. The van der Waals surface area contributed by atoms with E-state index < -0.39 is 0 Å². The molecular weight excluding hydrogens is 297 g/mol. The number of amides is 1. The minimum Gasteiger partial charge on any atom is -0.337 e. The van der Waals surface area contributed by atoms with Crippen molar-refractivity contribution in [3.05, 3.63) is 71.8 Å². The lowest BCUT2D eigenvalue weighted by molar-refractivity contribution is 0.0783. The number of halogens is 1. The maximum Gasteiger partial charge on any atom is 0.256 e. The van der Waals surface area contributed by atoms with Crippen LogP contribution in [0.15, 0.2) is 54.9 Å². The van der Waals surface area contributed by atoms with Crippen molar-refractivity contribution in [1.29, 1.82) is 0 Å². The molecule has 0 saturated carbocycles. The third-order valence-corrected chi connectivity index (χ3v) is 3.44. The van der Waals surface area contributed by atoms with Crippen LogP contribution in [0.2, 0.25) is 0 Å². The van der Waals surface area contributed by atoms with Gasteiger partial charge in [-0.2, -0.15) is 4.68 Å². The lowest BCUT2D eigenvalue weighted by atomic mass is 10.1. The van der Waals surface area contributed by atoms with E-state index in [9.17, 15) is 9.18 Å². The van der Waals surface area contributed by atoms with Gasteiger partial charge < -0.3 is 4.90 Å². The Morgan fingerprint density at radius 1 is 1.17 bits per heavy atom. The van der Waals surface area contributed by atoms with E-state index in [1.165, 1.54) is 22.0 Å². The molecule has 0 saturated heterocycles. The highest BCUT2D eigenvalue weighted by atomic mass is 19.1. The number of carbonyl (C=O) groups excluding carboxylic acids is 1. The molecular formula is C16H14FN5O. The summed E-state index contributed by atoms with van der Waals surface area (Å²) in [7, 11) is 1.63. The molecule has 1 aromatic heterocycles. The van der Waals surface area contributed by atoms with E-state index >= 15 is 0 Å². The van der Waals surface area contributed by atoms with E-state index in [4.69, 9.17) is 0 Å². The first-order valence-electron chi connectivity index (χ1n) is 6.98. The summed E-state index contributed by atoms with van der Waals surface area (Å²) in [6.07, 6.45) is 1.42. The molecule has 0 atom stereocenters. The molecule has 0 aliphatic heterocycles. The Morgan fingerprint density at radius 2 is 1.91 bits per heavy atom. The van der Waals surface area contributed by atoms with Gasteiger partial charge in [0, 0.05) is 19.2 Å². The van der Waals surface area contributed by atoms with Crippen molar-refractivity contribution in [3.8, 4) is 5.69 Å². The molecule has 7 heteroatoms. The molecule has 6 nitrogen and oxygen atoms in total. The van der Waals surface area contributed by atoms with Crippen LogP contribution < -0.4 is 0 Å². The molecule has 116 valence electrons. The van der Waals surface area contributed by atoms with Gasteiger partial charge in [0.05, 0.1) is 11.3 Å². The van der Waals surface area contributed by atoms with E-state index in [0.717, 1.165) is 0 Å². The van der Waals surface area contributed by atoms with Crippen LogP contribution in [0.5, 0.6) is 0 Å². The predicted molar refractivity (Wildman–Crippen MR) is 81.4 cm³/mol. The average Bonchev–Trinajstić information content (AvgIpc) is 3.10. The van der Waals surface area contributed by atoms with Crippen molar-refractivity contribution < 1.29 is 9.18 Å². The van der Waals surface area contributed by atoms with Gasteiger partial charge in [0.15, 0.2) is 0 Å². The molecule has 0 bridgehead atoms. The molecule has 0 fully saturated rings. The maximum atomic E-state index is 13.7. The summed E-state index contributed by atoms with van der Waals surface area (Å²) < 4.78 is 15.2. The number of hydrogen-bond donors (Lipinski definition) is 0. The summed E-state index contributed by atoms with van der Waals surface area (Å²) in [5.41, 5.74) is 1.48. The Labute approximate surface area is 132 Å². The second-order valence-electron chi connectivity index (χ2n) is 5.02. The molecule has 1 amide bonds. The van der Waals surface area contributed by atoms with E-state index in [1.54, 1.807) is 49.5 Å². The summed E-state index contributed by atoms with van der Waals surface area (Å²) in [5.74, 6) is -0.569. The van der Waals surface area contributed by atoms with Gasteiger partial charge in [-0.15, -0.1) is 5.10 Å². The number of carbonyl (C=O) groups is 1. The van der Waals surface area contributed by atoms with Crippen LogP contribution in [-0.4, -0.2) is 38.1 Å². The minimum atomic E-state index is -0.332. The number of nitrogens with zero attached hydrogens (tertiary/aromatic N) is 5. The number of benzene rings is 2. The predicted octanol–water partition coefficient (Wildman–Crippen LogP) is 2.07. The Morgan fingerprint density at radius 3 is 2.65 bits per heavy atom. The maximum absolute atomic E-state index is 13.7. The molecule has 3 aromatic rings. The van der Waals surface area contributed by atoms with E-state index in [1.807, 2.05) is 0 Å². The highest BCUT2D eigenvalue weighted by Crippen LogP contribution is 2.17. The van der Waals surface area contributed by atoms with Gasteiger partial charge in [0.25, 0.3) is 5.91 Å². The summed E-state index contributed by atoms with van der Waals surface area (Å²) in [4.78, 5) is 14.2. The molecule has 0 aliphatic rings. The molecule has 2 aromatic carbocycles. The van der Waals surface area contributed by atoms with Crippen LogP contribution in [0.1, 0.15) is 15.9 Å². The molecule has 0 aliphatic carbocycles. The fourth-order valence-corrected chi connectivity index (χ4v) is 2.29. The smallest absolute Gasteiger partial charge is 0.256 e. The Hall–Kier alpha value is -3.09. The van der Waals surface area contributed by atoms with Gasteiger partial charge in [0.1, 0.15) is 12.1 Å². The highest BCUT2D eigenvalue weighted by molar-refractivity contribution is 5.97. The lowest BCUT2D eigenvalue weighted by Crippen LogP contribution is -2.27. The molecule has 0 radical (unpaired) electrons. The molecule has 0 unspecified atom stereocenters. The Balaban J connectivity index is 1.88. The van der Waals surface area contributed by atoms with Crippen molar-refractivity contribution in [3.63, 3.8) is 0 Å². The van der Waals surface area contributed by atoms with Gasteiger partial charge in [-0.1, -0.05) is 30.3 Å². The molecule has 0 N–H and O–H groups in total. The van der Waals surface area contributed by atoms with Crippen LogP contribution in [-0.2, 0) is 6.54 Å². The number of para-hydroxylation sites is 1. The summed E-state index contributed by atoms with van der Waals surface area (Å²) >= 11 is 0. The first kappa shape index (κ1) is 14.8. The van der Waals surface area contributed by atoms with E-state index in [2.05, 4.69) is 15.5 Å². The fraction of sp³-hybridized carbons (Fsp3) is 0.125. The van der Waals surface area contributed by atoms with Gasteiger partial charge in [-0.25, -0.2) is 4.39 Å². The van der Waals surface area contributed by atoms with Crippen molar-refractivity contribution >= 4 is 5.91 Å². The Bertz CT molecular complexity index is 819. The summed E-state index contributed by atoms with van der Waals surface area (Å²) in [5, 5.41) is 11.0. The van der Waals surface area contributed by atoms with Crippen LogP contribution >= 0.6 is 0 Å². The number of tetrazole rings is 1. The SMILES string of the molecule is CN(Cc1ccccc1F)C(=O)c1ccccc1-n1cnnn1. The largest absolute Gasteiger partial charge is 0.337 e. The van der Waals surface area contributed by atoms with Crippen molar-refractivity contribution in [2.75, 3.05) is 7.05 Å². The van der Waals surface area contributed by atoms with Gasteiger partial charge in [0.2, 0.25) is 0 Å². The lowest BCUT2D eigenvalue weighted by Gasteiger charge is -2.19.